The van der Waals surface area contributed by atoms with Crippen molar-refractivity contribution in [1.82, 2.24) is 24.5 Å². The van der Waals surface area contributed by atoms with Crippen molar-refractivity contribution in [2.24, 2.45) is 0 Å². The highest BCUT2D eigenvalue weighted by molar-refractivity contribution is 6.20. The molecule has 0 spiro atoms. The van der Waals surface area contributed by atoms with Gasteiger partial charge in [-0.15, -0.1) is 0 Å². The van der Waals surface area contributed by atoms with Crippen LogP contribution in [0.15, 0.2) is 200 Å². The van der Waals surface area contributed by atoms with E-state index in [1.54, 1.807) is 0 Å². The molecule has 3 heterocycles. The summed E-state index contributed by atoms with van der Waals surface area (Å²) >= 11 is 0. The van der Waals surface area contributed by atoms with Gasteiger partial charge in [0.1, 0.15) is 5.82 Å². The van der Waals surface area contributed by atoms with Gasteiger partial charge in [0, 0.05) is 44.1 Å². The predicted molar refractivity (Wildman–Crippen MR) is 234 cm³/mol. The topological polar surface area (TPSA) is 56.5 Å². The van der Waals surface area contributed by atoms with Crippen LogP contribution in [0.2, 0.25) is 0 Å². The summed E-state index contributed by atoms with van der Waals surface area (Å²) < 4.78 is 2.27. The third-order valence-electron chi connectivity index (χ3n) is 10.8. The number of rotatable bonds is 6. The number of pyridine rings is 1. The number of hydrogen-bond donors (Lipinski definition) is 0. The van der Waals surface area contributed by atoms with Gasteiger partial charge in [-0.25, -0.2) is 19.9 Å². The minimum absolute atomic E-state index is 0.721. The van der Waals surface area contributed by atoms with E-state index in [1.165, 1.54) is 0 Å². The van der Waals surface area contributed by atoms with Crippen LogP contribution in [-0.2, 0) is 0 Å². The zero-order valence-corrected chi connectivity index (χ0v) is 30.8. The van der Waals surface area contributed by atoms with Gasteiger partial charge < -0.3 is 0 Å². The number of benzene rings is 8. The third kappa shape index (κ3) is 5.64. The van der Waals surface area contributed by atoms with E-state index >= 15 is 0 Å². The van der Waals surface area contributed by atoms with Crippen LogP contribution in [0.1, 0.15) is 0 Å². The SMILES string of the molecule is c1ccc(-c2nc(-c3ccc(-c4ccc(-c5nc6ccccc6c6ccc7c(nc(-c8ccccc8)n7-c7ccccc7)c56)cc4)cc3)c3ccccc3n2)cc1. The van der Waals surface area contributed by atoms with Crippen LogP contribution in [-0.4, -0.2) is 24.5 Å². The van der Waals surface area contributed by atoms with Crippen LogP contribution in [0.4, 0.5) is 0 Å². The molecule has 0 N–H and O–H groups in total. The first-order valence-corrected chi connectivity index (χ1v) is 19.1. The number of imidazole rings is 1. The maximum atomic E-state index is 5.43. The molecule has 3 aromatic heterocycles. The van der Waals surface area contributed by atoms with Gasteiger partial charge in [-0.1, -0.05) is 170 Å². The summed E-state index contributed by atoms with van der Waals surface area (Å²) in [5.74, 6) is 1.62. The molecule has 0 unspecified atom stereocenters. The normalized spacial score (nSPS) is 11.5. The molecule has 5 nitrogen and oxygen atoms in total. The Labute approximate surface area is 329 Å². The Kier molecular flexibility index (Phi) is 7.74. The lowest BCUT2D eigenvalue weighted by molar-refractivity contribution is 1.10. The fourth-order valence-corrected chi connectivity index (χ4v) is 8.07. The van der Waals surface area contributed by atoms with Crippen LogP contribution in [0.25, 0.3) is 106 Å². The van der Waals surface area contributed by atoms with Gasteiger partial charge in [0.15, 0.2) is 5.82 Å². The predicted octanol–water partition coefficient (Wildman–Crippen LogP) is 13.0. The minimum Gasteiger partial charge on any atom is -0.292 e. The molecule has 0 saturated heterocycles. The summed E-state index contributed by atoms with van der Waals surface area (Å²) in [6, 6.07) is 69.6. The van der Waals surface area contributed by atoms with Gasteiger partial charge in [0.2, 0.25) is 0 Å². The van der Waals surface area contributed by atoms with E-state index in [1.807, 2.05) is 42.5 Å². The van der Waals surface area contributed by atoms with Crippen LogP contribution in [0.5, 0.6) is 0 Å². The quantitative estimate of drug-likeness (QED) is 0.160. The highest BCUT2D eigenvalue weighted by atomic mass is 15.1. The molecule has 5 heteroatoms. The molecule has 0 aliphatic carbocycles. The summed E-state index contributed by atoms with van der Waals surface area (Å²) in [5, 5.41) is 4.32. The van der Waals surface area contributed by atoms with E-state index < -0.39 is 0 Å². The average molecular weight is 728 g/mol. The highest BCUT2D eigenvalue weighted by Crippen LogP contribution is 2.40. The second-order valence-electron chi connectivity index (χ2n) is 14.2. The van der Waals surface area contributed by atoms with Crippen LogP contribution >= 0.6 is 0 Å². The first kappa shape index (κ1) is 32.7. The number of fused-ring (bicyclic) bond motifs is 6. The zero-order chi connectivity index (χ0) is 37.7. The Hall–Kier alpha value is -7.76. The number of para-hydroxylation sites is 3. The van der Waals surface area contributed by atoms with E-state index in [0.717, 1.165) is 106 Å². The first-order valence-electron chi connectivity index (χ1n) is 19.1. The summed E-state index contributed by atoms with van der Waals surface area (Å²) in [6.07, 6.45) is 0. The molecule has 0 atom stereocenters. The van der Waals surface area contributed by atoms with E-state index in [2.05, 4.69) is 162 Å². The molecule has 57 heavy (non-hydrogen) atoms. The molecule has 8 aromatic carbocycles. The van der Waals surface area contributed by atoms with Crippen molar-refractivity contribution in [3.63, 3.8) is 0 Å². The maximum Gasteiger partial charge on any atom is 0.160 e. The maximum absolute atomic E-state index is 5.43. The lowest BCUT2D eigenvalue weighted by Gasteiger charge is -2.13. The zero-order valence-electron chi connectivity index (χ0n) is 30.8. The Morgan fingerprint density at radius 3 is 1.51 bits per heavy atom. The molecule has 11 rings (SSSR count). The highest BCUT2D eigenvalue weighted by Gasteiger charge is 2.21. The second kappa shape index (κ2) is 13.5. The molecule has 0 radical (unpaired) electrons. The van der Waals surface area contributed by atoms with E-state index in [4.69, 9.17) is 19.9 Å². The Morgan fingerprint density at radius 1 is 0.316 bits per heavy atom. The van der Waals surface area contributed by atoms with Gasteiger partial charge in [-0.2, -0.15) is 0 Å². The average Bonchev–Trinajstić information content (AvgIpc) is 3.69. The minimum atomic E-state index is 0.721. The lowest BCUT2D eigenvalue weighted by Crippen LogP contribution is -1.97. The van der Waals surface area contributed by atoms with Crippen LogP contribution < -0.4 is 0 Å². The van der Waals surface area contributed by atoms with Gasteiger partial charge in [0.25, 0.3) is 0 Å². The smallest absolute Gasteiger partial charge is 0.160 e. The van der Waals surface area contributed by atoms with Crippen molar-refractivity contribution in [2.75, 3.05) is 0 Å². The standard InChI is InChI=1S/C52H33N5/c1-4-14-38(15-5-1)51-54-45-23-13-11-21-43(45)48(55-51)36-28-24-34(25-29-36)35-26-30-37(31-27-35)49-47-42(41-20-10-12-22-44(41)53-49)32-33-46-50(47)56-52(39-16-6-2-7-17-39)57(46)40-18-8-3-9-19-40/h1-33H. The Bertz CT molecular complexity index is 3250. The van der Waals surface area contributed by atoms with Crippen molar-refractivity contribution in [1.29, 1.82) is 0 Å². The lowest BCUT2D eigenvalue weighted by atomic mass is 9.96. The van der Waals surface area contributed by atoms with Gasteiger partial charge in [-0.3, -0.25) is 4.57 Å². The summed E-state index contributed by atoms with van der Waals surface area (Å²) in [7, 11) is 0. The monoisotopic (exact) mass is 727 g/mol. The van der Waals surface area contributed by atoms with Crippen molar-refractivity contribution in [3.05, 3.63) is 200 Å². The molecule has 0 fully saturated rings. The molecule has 11 aromatic rings. The molecule has 0 amide bonds. The second-order valence-corrected chi connectivity index (χ2v) is 14.2. The van der Waals surface area contributed by atoms with E-state index in [9.17, 15) is 0 Å². The molecular formula is C52H33N5. The molecular weight excluding hydrogens is 695 g/mol. The molecule has 0 aliphatic heterocycles. The summed E-state index contributed by atoms with van der Waals surface area (Å²) in [4.78, 5) is 20.7. The summed E-state index contributed by atoms with van der Waals surface area (Å²) in [5.41, 5.74) is 13.1. The molecule has 0 bridgehead atoms. The van der Waals surface area contributed by atoms with E-state index in [0.29, 0.717) is 0 Å². The van der Waals surface area contributed by atoms with Crippen LogP contribution in [0, 0.1) is 0 Å². The van der Waals surface area contributed by atoms with Crippen molar-refractivity contribution in [2.45, 2.75) is 0 Å². The Morgan fingerprint density at radius 2 is 0.842 bits per heavy atom. The van der Waals surface area contributed by atoms with Gasteiger partial charge in [-0.05, 0) is 46.8 Å². The molecule has 266 valence electrons. The molecule has 0 saturated carbocycles. The first-order chi connectivity index (χ1) is 28.3. The summed E-state index contributed by atoms with van der Waals surface area (Å²) in [6.45, 7) is 0. The van der Waals surface area contributed by atoms with E-state index in [-0.39, 0.29) is 0 Å². The van der Waals surface area contributed by atoms with Gasteiger partial charge >= 0.3 is 0 Å². The fraction of sp³-hybridized carbons (Fsp3) is 0. The molecule has 0 aliphatic rings. The van der Waals surface area contributed by atoms with Crippen molar-refractivity contribution in [3.8, 4) is 62.1 Å². The van der Waals surface area contributed by atoms with Crippen LogP contribution in [0.3, 0.4) is 0 Å². The Balaban J connectivity index is 1.03. The third-order valence-corrected chi connectivity index (χ3v) is 10.8. The number of nitrogens with zero attached hydrogens (tertiary/aromatic N) is 5. The number of aromatic nitrogens is 5. The van der Waals surface area contributed by atoms with Crippen molar-refractivity contribution < 1.29 is 0 Å². The van der Waals surface area contributed by atoms with Gasteiger partial charge in [0.05, 0.1) is 33.5 Å². The largest absolute Gasteiger partial charge is 0.292 e. The van der Waals surface area contributed by atoms with Crippen molar-refractivity contribution >= 4 is 43.6 Å². The fourth-order valence-electron chi connectivity index (χ4n) is 8.07. The number of hydrogen-bond acceptors (Lipinski definition) is 4.